The van der Waals surface area contributed by atoms with E-state index < -0.39 is 0 Å². The van der Waals surface area contributed by atoms with Crippen molar-refractivity contribution in [2.45, 2.75) is 63.9 Å². The highest BCUT2D eigenvalue weighted by Crippen LogP contribution is 2.62. The van der Waals surface area contributed by atoms with E-state index in [-0.39, 0.29) is 11.5 Å². The molecule has 1 aromatic carbocycles. The molecule has 0 saturated heterocycles. The maximum atomic E-state index is 11.1. The monoisotopic (exact) mass is 340 g/mol. The molecule has 136 valence electrons. The van der Waals surface area contributed by atoms with Crippen LogP contribution in [0.2, 0.25) is 0 Å². The van der Waals surface area contributed by atoms with Crippen molar-refractivity contribution in [3.05, 3.63) is 42.0 Å². The van der Waals surface area contributed by atoms with Crippen molar-refractivity contribution in [2.75, 3.05) is 7.11 Å². The molecule has 2 heteroatoms. The molecule has 0 heterocycles. The molecule has 0 amide bonds. The Hall–Kier alpha value is -1.28. The van der Waals surface area contributed by atoms with Crippen molar-refractivity contribution in [3.8, 4) is 5.75 Å². The van der Waals surface area contributed by atoms with Crippen LogP contribution in [0, 0.1) is 23.2 Å². The van der Waals surface area contributed by atoms with Gasteiger partial charge in [-0.25, -0.2) is 0 Å². The first-order valence-corrected chi connectivity index (χ1v) is 10.0. The zero-order valence-electron chi connectivity index (χ0n) is 15.7. The SMILES string of the molecule is C=CCC[C@H]1C[C@H]2[C@@H]3CCc4cc(OC)ccc4[C@H]3CC[C@]2(C)[C@H]1O. The second-order valence-electron chi connectivity index (χ2n) is 8.83. The van der Waals surface area contributed by atoms with Crippen molar-refractivity contribution in [1.82, 2.24) is 0 Å². The summed E-state index contributed by atoms with van der Waals surface area (Å²) in [6.45, 7) is 6.24. The minimum Gasteiger partial charge on any atom is -0.497 e. The third-order valence-electron chi connectivity index (χ3n) is 7.79. The number of hydrogen-bond donors (Lipinski definition) is 1. The molecule has 6 atom stereocenters. The lowest BCUT2D eigenvalue weighted by Crippen LogP contribution is -2.44. The van der Waals surface area contributed by atoms with Crippen LogP contribution in [0.1, 0.15) is 62.5 Å². The van der Waals surface area contributed by atoms with Gasteiger partial charge in [-0.05, 0) is 97.3 Å². The maximum Gasteiger partial charge on any atom is 0.119 e. The Labute approximate surface area is 152 Å². The number of fused-ring (bicyclic) bond motifs is 5. The number of ether oxygens (including phenoxy) is 1. The van der Waals surface area contributed by atoms with E-state index in [0.717, 1.165) is 37.4 Å². The molecule has 4 rings (SSSR count). The lowest BCUT2D eigenvalue weighted by atomic mass is 9.55. The Balaban J connectivity index is 1.61. The Bertz CT molecular complexity index is 651. The molecule has 3 aliphatic carbocycles. The number of aliphatic hydroxyl groups excluding tert-OH is 1. The third-order valence-corrected chi connectivity index (χ3v) is 7.79. The normalized spacial score (nSPS) is 39.2. The highest BCUT2D eigenvalue weighted by atomic mass is 16.5. The second-order valence-corrected chi connectivity index (χ2v) is 8.83. The molecule has 0 aromatic heterocycles. The maximum absolute atomic E-state index is 11.1. The van der Waals surface area contributed by atoms with Crippen LogP contribution in [0.15, 0.2) is 30.9 Å². The van der Waals surface area contributed by atoms with Gasteiger partial charge in [0.2, 0.25) is 0 Å². The predicted octanol–water partition coefficient (Wildman–Crippen LogP) is 5.10. The van der Waals surface area contributed by atoms with Crippen LogP contribution in [0.3, 0.4) is 0 Å². The van der Waals surface area contributed by atoms with E-state index >= 15 is 0 Å². The number of rotatable bonds is 4. The Morgan fingerprint density at radius 2 is 2.20 bits per heavy atom. The van der Waals surface area contributed by atoms with Gasteiger partial charge in [-0.3, -0.25) is 0 Å². The van der Waals surface area contributed by atoms with Gasteiger partial charge in [0.1, 0.15) is 5.75 Å². The first kappa shape index (κ1) is 17.1. The minimum atomic E-state index is -0.129. The Morgan fingerprint density at radius 1 is 1.36 bits per heavy atom. The molecule has 25 heavy (non-hydrogen) atoms. The first-order chi connectivity index (χ1) is 12.1. The number of hydrogen-bond acceptors (Lipinski definition) is 2. The van der Waals surface area contributed by atoms with Crippen LogP contribution in [0.25, 0.3) is 0 Å². The van der Waals surface area contributed by atoms with Gasteiger partial charge in [-0.15, -0.1) is 6.58 Å². The number of benzene rings is 1. The summed E-state index contributed by atoms with van der Waals surface area (Å²) in [7, 11) is 1.75. The Morgan fingerprint density at radius 3 is 2.96 bits per heavy atom. The number of allylic oxidation sites excluding steroid dienone is 1. The average Bonchev–Trinajstić information content (AvgIpc) is 2.90. The van der Waals surface area contributed by atoms with Crippen molar-refractivity contribution >= 4 is 0 Å². The molecule has 2 saturated carbocycles. The van der Waals surface area contributed by atoms with Gasteiger partial charge in [0.25, 0.3) is 0 Å². The van der Waals surface area contributed by atoms with Crippen LogP contribution < -0.4 is 4.74 Å². The topological polar surface area (TPSA) is 29.5 Å². The largest absolute Gasteiger partial charge is 0.497 e. The lowest BCUT2D eigenvalue weighted by Gasteiger charge is -2.50. The van der Waals surface area contributed by atoms with Crippen LogP contribution in [-0.2, 0) is 6.42 Å². The van der Waals surface area contributed by atoms with Gasteiger partial charge in [0.05, 0.1) is 13.2 Å². The molecular weight excluding hydrogens is 308 g/mol. The van der Waals surface area contributed by atoms with Gasteiger partial charge in [0.15, 0.2) is 0 Å². The van der Waals surface area contributed by atoms with Crippen molar-refractivity contribution in [2.24, 2.45) is 23.2 Å². The molecule has 0 unspecified atom stereocenters. The molecule has 2 fully saturated rings. The average molecular weight is 341 g/mol. The zero-order chi connectivity index (χ0) is 17.6. The van der Waals surface area contributed by atoms with Crippen LogP contribution >= 0.6 is 0 Å². The quantitative estimate of drug-likeness (QED) is 0.772. The van der Waals surface area contributed by atoms with Gasteiger partial charge in [0, 0.05) is 0 Å². The lowest BCUT2D eigenvalue weighted by molar-refractivity contribution is -0.0332. The fourth-order valence-electron chi connectivity index (χ4n) is 6.45. The van der Waals surface area contributed by atoms with Crippen molar-refractivity contribution < 1.29 is 9.84 Å². The highest BCUT2D eigenvalue weighted by molar-refractivity contribution is 5.40. The van der Waals surface area contributed by atoms with Crippen molar-refractivity contribution in [1.29, 1.82) is 0 Å². The summed E-state index contributed by atoms with van der Waals surface area (Å²) in [5.41, 5.74) is 3.17. The summed E-state index contributed by atoms with van der Waals surface area (Å²) in [6, 6.07) is 6.69. The van der Waals surface area contributed by atoms with Gasteiger partial charge in [-0.2, -0.15) is 0 Å². The van der Waals surface area contributed by atoms with Gasteiger partial charge >= 0.3 is 0 Å². The van der Waals surface area contributed by atoms with E-state index in [1.165, 1.54) is 24.8 Å². The highest BCUT2D eigenvalue weighted by Gasteiger charge is 2.57. The number of aryl methyl sites for hydroxylation is 1. The summed E-state index contributed by atoms with van der Waals surface area (Å²) in [5.74, 6) is 3.54. The third kappa shape index (κ3) is 2.65. The van der Waals surface area contributed by atoms with E-state index in [1.807, 2.05) is 6.08 Å². The van der Waals surface area contributed by atoms with E-state index in [0.29, 0.717) is 17.8 Å². The summed E-state index contributed by atoms with van der Waals surface area (Å²) in [6.07, 6.45) is 10.0. The van der Waals surface area contributed by atoms with E-state index in [4.69, 9.17) is 4.74 Å². The molecule has 0 radical (unpaired) electrons. The standard InChI is InChI=1S/C23H32O2/c1-4-5-6-16-14-21-20-9-7-15-13-17(25-3)8-10-18(15)19(20)11-12-23(21,2)22(16)24/h4,8,10,13,16,19-22,24H,1,5-7,9,11-12,14H2,2-3H3/t16-,19+,20+,21-,22-,23-/m0/s1. The minimum absolute atomic E-state index is 0.122. The molecule has 3 aliphatic rings. The summed E-state index contributed by atoms with van der Waals surface area (Å²) in [4.78, 5) is 0. The number of methoxy groups -OCH3 is 1. The Kier molecular flexibility index (Phi) is 4.43. The smallest absolute Gasteiger partial charge is 0.119 e. The van der Waals surface area contributed by atoms with Gasteiger partial charge < -0.3 is 9.84 Å². The molecular formula is C23H32O2. The van der Waals surface area contributed by atoms with E-state index in [2.05, 4.69) is 31.7 Å². The van der Waals surface area contributed by atoms with Crippen LogP contribution in [-0.4, -0.2) is 18.3 Å². The van der Waals surface area contributed by atoms with E-state index in [1.54, 1.807) is 12.7 Å². The van der Waals surface area contributed by atoms with Crippen LogP contribution in [0.5, 0.6) is 5.75 Å². The first-order valence-electron chi connectivity index (χ1n) is 10.0. The number of aliphatic hydroxyl groups is 1. The summed E-state index contributed by atoms with van der Waals surface area (Å²) in [5, 5.41) is 11.1. The fourth-order valence-corrected chi connectivity index (χ4v) is 6.45. The van der Waals surface area contributed by atoms with E-state index in [9.17, 15) is 5.11 Å². The molecule has 0 aliphatic heterocycles. The fraction of sp³-hybridized carbons (Fsp3) is 0.652. The summed E-state index contributed by atoms with van der Waals surface area (Å²) < 4.78 is 5.43. The zero-order valence-corrected chi connectivity index (χ0v) is 15.7. The molecule has 0 bridgehead atoms. The molecule has 2 nitrogen and oxygen atoms in total. The molecule has 1 N–H and O–H groups in total. The predicted molar refractivity (Wildman–Crippen MR) is 102 cm³/mol. The second kappa shape index (κ2) is 6.46. The van der Waals surface area contributed by atoms with Crippen LogP contribution in [0.4, 0.5) is 0 Å². The molecule has 0 spiro atoms. The van der Waals surface area contributed by atoms with Gasteiger partial charge in [-0.1, -0.05) is 19.1 Å². The molecule has 1 aromatic rings. The summed E-state index contributed by atoms with van der Waals surface area (Å²) >= 11 is 0. The van der Waals surface area contributed by atoms with Crippen molar-refractivity contribution in [3.63, 3.8) is 0 Å².